The minimum absolute atomic E-state index is 0.137. The van der Waals surface area contributed by atoms with Gasteiger partial charge in [-0.25, -0.2) is 4.98 Å². The summed E-state index contributed by atoms with van der Waals surface area (Å²) in [6.45, 7) is 17.9. The van der Waals surface area contributed by atoms with E-state index >= 15 is 0 Å². The lowest BCUT2D eigenvalue weighted by molar-refractivity contribution is -0.708. The molecule has 0 amide bonds. The Morgan fingerprint density at radius 3 is 2.42 bits per heavy atom. The van der Waals surface area contributed by atoms with Gasteiger partial charge in [0, 0.05) is 0 Å². The highest BCUT2D eigenvalue weighted by molar-refractivity contribution is 5.69. The molecule has 2 unspecified atom stereocenters. The molecule has 138 valence electrons. The van der Waals surface area contributed by atoms with E-state index in [4.69, 9.17) is 4.98 Å². The molecular formula is C24H33N2+. The number of allylic oxidation sites excluding steroid dienone is 2. The monoisotopic (exact) mass is 349 g/mol. The molecule has 0 radical (unpaired) electrons. The first-order valence-electron chi connectivity index (χ1n) is 9.86. The Hall–Kier alpha value is -1.96. The smallest absolute Gasteiger partial charge is 0.234 e. The number of nitrogens with zero attached hydrogens (tertiary/aromatic N) is 2. The van der Waals surface area contributed by atoms with E-state index in [2.05, 4.69) is 90.4 Å². The minimum Gasteiger partial charge on any atom is -0.245 e. The highest BCUT2D eigenvalue weighted by Gasteiger charge is 2.40. The van der Waals surface area contributed by atoms with Crippen LogP contribution in [-0.4, -0.2) is 4.98 Å². The quantitative estimate of drug-likeness (QED) is 0.488. The number of fused-ring (bicyclic) bond motifs is 3. The van der Waals surface area contributed by atoms with Gasteiger partial charge in [-0.3, -0.25) is 0 Å². The van der Waals surface area contributed by atoms with Crippen LogP contribution in [0.5, 0.6) is 0 Å². The molecule has 2 nitrogen and oxygen atoms in total. The fourth-order valence-electron chi connectivity index (χ4n) is 4.52. The number of rotatable bonds is 2. The Bertz CT molecular complexity index is 869. The van der Waals surface area contributed by atoms with E-state index in [1.807, 2.05) is 0 Å². The van der Waals surface area contributed by atoms with Crippen molar-refractivity contribution in [1.82, 2.24) is 4.98 Å². The van der Waals surface area contributed by atoms with Crippen molar-refractivity contribution in [1.29, 1.82) is 0 Å². The summed E-state index contributed by atoms with van der Waals surface area (Å²) in [6.07, 6.45) is 7.91. The fraction of sp³-hybridized carbons (Fsp3) is 0.500. The lowest BCUT2D eigenvalue weighted by Crippen LogP contribution is -2.48. The Kier molecular flexibility index (Phi) is 4.81. The number of hydrogen-bond acceptors (Lipinski definition) is 1. The maximum absolute atomic E-state index is 4.81. The van der Waals surface area contributed by atoms with Crippen LogP contribution in [0.2, 0.25) is 0 Å². The van der Waals surface area contributed by atoms with E-state index in [1.165, 1.54) is 27.9 Å². The Morgan fingerprint density at radius 2 is 1.85 bits per heavy atom. The van der Waals surface area contributed by atoms with Crippen molar-refractivity contribution in [3.05, 3.63) is 58.6 Å². The van der Waals surface area contributed by atoms with Crippen LogP contribution in [0.1, 0.15) is 81.1 Å². The molecule has 2 aromatic rings. The zero-order chi connectivity index (χ0) is 19.2. The molecule has 2 atom stereocenters. The summed E-state index contributed by atoms with van der Waals surface area (Å²) < 4.78 is 2.47. The van der Waals surface area contributed by atoms with E-state index in [1.54, 1.807) is 0 Å². The molecule has 0 spiro atoms. The second-order valence-electron chi connectivity index (χ2n) is 8.76. The second kappa shape index (κ2) is 6.64. The highest BCUT2D eigenvalue weighted by Crippen LogP contribution is 2.44. The van der Waals surface area contributed by atoms with E-state index < -0.39 is 0 Å². The second-order valence-corrected chi connectivity index (χ2v) is 8.76. The van der Waals surface area contributed by atoms with Crippen molar-refractivity contribution in [3.63, 3.8) is 0 Å². The Balaban J connectivity index is 2.42. The topological polar surface area (TPSA) is 16.8 Å². The van der Waals surface area contributed by atoms with Gasteiger partial charge < -0.3 is 0 Å². The highest BCUT2D eigenvalue weighted by atomic mass is 15.0. The minimum atomic E-state index is 0.137. The van der Waals surface area contributed by atoms with E-state index in [0.717, 1.165) is 17.8 Å². The van der Waals surface area contributed by atoms with E-state index in [-0.39, 0.29) is 5.41 Å². The van der Waals surface area contributed by atoms with Gasteiger partial charge in [-0.15, -0.1) is 0 Å². The molecule has 1 aliphatic heterocycles. The van der Waals surface area contributed by atoms with Gasteiger partial charge in [0.15, 0.2) is 12.2 Å². The van der Waals surface area contributed by atoms with E-state index in [0.29, 0.717) is 12.0 Å². The third-order valence-corrected chi connectivity index (χ3v) is 5.71. The molecule has 2 heteroatoms. The first-order valence-corrected chi connectivity index (χ1v) is 9.86. The molecule has 2 heterocycles. The first-order chi connectivity index (χ1) is 12.2. The third-order valence-electron chi connectivity index (χ3n) is 5.71. The van der Waals surface area contributed by atoms with E-state index in [9.17, 15) is 0 Å². The molecule has 0 saturated heterocycles. The number of aryl methyl sites for hydroxylation is 3. The molecule has 0 N–H and O–H groups in total. The van der Waals surface area contributed by atoms with Crippen molar-refractivity contribution >= 4 is 0 Å². The van der Waals surface area contributed by atoms with Crippen LogP contribution in [0, 0.1) is 20.8 Å². The van der Waals surface area contributed by atoms with Crippen LogP contribution in [0.3, 0.4) is 0 Å². The average Bonchev–Trinajstić information content (AvgIpc) is 2.54. The standard InChI is InChI=1S/C24H33N2/c1-9-11-21-19(10-2)22-15(3)12-18(24(6,7)8)13-20(22)23-17(5)25-16(4)14-26(21)23/h9,11-14,19,21H,10H2,1-8H3/q+1. The molecule has 0 saturated carbocycles. The van der Waals surface area contributed by atoms with Crippen LogP contribution < -0.4 is 4.57 Å². The summed E-state index contributed by atoms with van der Waals surface area (Å²) in [4.78, 5) is 4.81. The zero-order valence-corrected chi connectivity index (χ0v) is 17.6. The summed E-state index contributed by atoms with van der Waals surface area (Å²) in [5, 5.41) is 0. The van der Waals surface area contributed by atoms with Gasteiger partial charge in [0.2, 0.25) is 5.69 Å². The third kappa shape index (κ3) is 3.00. The molecule has 1 aromatic heterocycles. The predicted octanol–water partition coefficient (Wildman–Crippen LogP) is 5.88. The van der Waals surface area contributed by atoms with Gasteiger partial charge in [0.05, 0.1) is 11.5 Å². The molecular weight excluding hydrogens is 316 g/mol. The summed E-state index contributed by atoms with van der Waals surface area (Å²) in [5.74, 6) is 0.494. The molecule has 26 heavy (non-hydrogen) atoms. The summed E-state index contributed by atoms with van der Waals surface area (Å²) in [5.41, 5.74) is 9.35. The van der Waals surface area contributed by atoms with Crippen LogP contribution in [-0.2, 0) is 5.41 Å². The largest absolute Gasteiger partial charge is 0.245 e. The SMILES string of the molecule is CC=CC1C(CC)c2c(C)cc(C(C)(C)C)cc2-c2c(C)nc(C)c[n+]21. The lowest BCUT2D eigenvalue weighted by atomic mass is 9.75. The normalized spacial score (nSPS) is 19.5. The van der Waals surface area contributed by atoms with Crippen molar-refractivity contribution in [2.45, 2.75) is 79.2 Å². The van der Waals surface area contributed by atoms with Gasteiger partial charge in [-0.05, 0) is 68.4 Å². The van der Waals surface area contributed by atoms with Gasteiger partial charge in [0.1, 0.15) is 11.4 Å². The maximum Gasteiger partial charge on any atom is 0.234 e. The molecule has 1 aliphatic rings. The van der Waals surface area contributed by atoms with Crippen molar-refractivity contribution in [3.8, 4) is 11.3 Å². The van der Waals surface area contributed by atoms with Crippen molar-refractivity contribution in [2.75, 3.05) is 0 Å². The Labute approximate surface area is 159 Å². The molecule has 0 fully saturated rings. The van der Waals surface area contributed by atoms with Crippen LogP contribution in [0.25, 0.3) is 11.3 Å². The van der Waals surface area contributed by atoms with Gasteiger partial charge >= 0.3 is 0 Å². The van der Waals surface area contributed by atoms with Gasteiger partial charge in [0.25, 0.3) is 0 Å². The first kappa shape index (κ1) is 18.8. The fourth-order valence-corrected chi connectivity index (χ4v) is 4.52. The predicted molar refractivity (Wildman–Crippen MR) is 110 cm³/mol. The number of benzene rings is 1. The summed E-state index contributed by atoms with van der Waals surface area (Å²) >= 11 is 0. The van der Waals surface area contributed by atoms with Gasteiger partial charge in [-0.2, -0.15) is 4.57 Å². The average molecular weight is 350 g/mol. The van der Waals surface area contributed by atoms with Crippen LogP contribution in [0.4, 0.5) is 0 Å². The maximum atomic E-state index is 4.81. The van der Waals surface area contributed by atoms with Crippen LogP contribution in [0.15, 0.2) is 30.5 Å². The van der Waals surface area contributed by atoms with Gasteiger partial charge in [-0.1, -0.05) is 39.8 Å². The summed E-state index contributed by atoms with van der Waals surface area (Å²) in [7, 11) is 0. The number of aromatic nitrogens is 2. The molecule has 0 bridgehead atoms. The number of hydrogen-bond donors (Lipinski definition) is 0. The molecule has 0 aliphatic carbocycles. The van der Waals surface area contributed by atoms with Crippen molar-refractivity contribution in [2.24, 2.45) is 0 Å². The Morgan fingerprint density at radius 1 is 1.15 bits per heavy atom. The lowest BCUT2D eigenvalue weighted by Gasteiger charge is -2.32. The molecule has 1 aromatic carbocycles. The van der Waals surface area contributed by atoms with Crippen molar-refractivity contribution < 1.29 is 4.57 Å². The molecule has 3 rings (SSSR count). The zero-order valence-electron chi connectivity index (χ0n) is 17.6. The van der Waals surface area contributed by atoms with Crippen LogP contribution >= 0.6 is 0 Å². The summed E-state index contributed by atoms with van der Waals surface area (Å²) in [6, 6.07) is 5.18.